The molecule has 0 unspecified atom stereocenters. The van der Waals surface area contributed by atoms with Crippen molar-refractivity contribution in [3.63, 3.8) is 0 Å². The van der Waals surface area contributed by atoms with Gasteiger partial charge in [0.25, 0.3) is 0 Å². The fraction of sp³-hybridized carbons (Fsp3) is 0.250. The lowest BCUT2D eigenvalue weighted by Gasteiger charge is -2.10. The number of allylic oxidation sites excluding steroid dienone is 1. The van der Waals surface area contributed by atoms with E-state index in [-0.39, 0.29) is 18.2 Å². The van der Waals surface area contributed by atoms with Gasteiger partial charge in [-0.1, -0.05) is 24.3 Å². The molecule has 0 amide bonds. The molecule has 0 aliphatic heterocycles. The summed E-state index contributed by atoms with van der Waals surface area (Å²) < 4.78 is 84.2. The molecule has 0 atom stereocenters. The van der Waals surface area contributed by atoms with Gasteiger partial charge in [-0.2, -0.15) is 31.4 Å². The van der Waals surface area contributed by atoms with Gasteiger partial charge in [0.1, 0.15) is 5.56 Å². The number of thiazole rings is 1. The Morgan fingerprint density at radius 1 is 1.19 bits per heavy atom. The van der Waals surface area contributed by atoms with Crippen molar-refractivity contribution in [2.24, 2.45) is 0 Å². The molecule has 0 spiro atoms. The molecule has 0 aliphatic carbocycles. The van der Waals surface area contributed by atoms with Gasteiger partial charge in [0.2, 0.25) is 5.13 Å². The van der Waals surface area contributed by atoms with Gasteiger partial charge in [-0.15, -0.1) is 11.3 Å². The molecule has 170 valence electrons. The molecule has 1 aromatic carbocycles. The standard InChI is InChI=1S/C20H15F6N3O2S/c1-2-31-17(30)15-10-27-29(16(15)20(24,25)26)18-28-14(11-32-18)8-4-6-12-5-3-7-13(9-12)19(21,22)23/h3-5,7-11H,2,6H2,1H3. The van der Waals surface area contributed by atoms with Gasteiger partial charge < -0.3 is 4.74 Å². The molecule has 0 saturated carbocycles. The van der Waals surface area contributed by atoms with Crippen molar-refractivity contribution < 1.29 is 35.9 Å². The van der Waals surface area contributed by atoms with E-state index in [0.717, 1.165) is 29.7 Å². The Morgan fingerprint density at radius 2 is 1.94 bits per heavy atom. The molecule has 2 aromatic heterocycles. The van der Waals surface area contributed by atoms with E-state index in [4.69, 9.17) is 0 Å². The Bertz CT molecular complexity index is 1130. The van der Waals surface area contributed by atoms with Gasteiger partial charge in [0, 0.05) is 5.38 Å². The van der Waals surface area contributed by atoms with E-state index in [1.807, 2.05) is 0 Å². The summed E-state index contributed by atoms with van der Waals surface area (Å²) in [6.45, 7) is 1.37. The third-order valence-electron chi connectivity index (χ3n) is 4.12. The molecular formula is C20H15F6N3O2S. The van der Waals surface area contributed by atoms with Crippen LogP contribution in [0.2, 0.25) is 0 Å². The van der Waals surface area contributed by atoms with Gasteiger partial charge in [-0.25, -0.2) is 14.5 Å². The van der Waals surface area contributed by atoms with E-state index in [9.17, 15) is 31.1 Å². The van der Waals surface area contributed by atoms with Crippen molar-refractivity contribution in [2.75, 3.05) is 6.61 Å². The average molecular weight is 475 g/mol. The predicted molar refractivity (Wildman–Crippen MR) is 104 cm³/mol. The van der Waals surface area contributed by atoms with Crippen molar-refractivity contribution in [3.8, 4) is 5.13 Å². The van der Waals surface area contributed by atoms with Gasteiger partial charge in [0.15, 0.2) is 5.69 Å². The van der Waals surface area contributed by atoms with Crippen LogP contribution in [0.5, 0.6) is 0 Å². The number of halogens is 6. The molecule has 0 bridgehead atoms. The molecule has 2 heterocycles. The van der Waals surface area contributed by atoms with Gasteiger partial charge in [0.05, 0.1) is 24.1 Å². The Morgan fingerprint density at radius 3 is 2.59 bits per heavy atom. The quantitative estimate of drug-likeness (QED) is 0.334. The first-order chi connectivity index (χ1) is 15.0. The highest BCUT2D eigenvalue weighted by Gasteiger charge is 2.41. The fourth-order valence-corrected chi connectivity index (χ4v) is 3.52. The summed E-state index contributed by atoms with van der Waals surface area (Å²) in [6.07, 6.45) is -5.38. The van der Waals surface area contributed by atoms with Crippen LogP contribution >= 0.6 is 11.3 Å². The summed E-state index contributed by atoms with van der Waals surface area (Å²) in [6, 6.07) is 4.81. The molecule has 0 N–H and O–H groups in total. The zero-order chi connectivity index (χ0) is 23.5. The number of hydrogen-bond donors (Lipinski definition) is 0. The number of esters is 1. The molecule has 0 fully saturated rings. The number of carbonyl (C=O) groups is 1. The molecular weight excluding hydrogens is 460 g/mol. The van der Waals surface area contributed by atoms with Crippen molar-refractivity contribution in [3.05, 3.63) is 70.0 Å². The number of hydrogen-bond acceptors (Lipinski definition) is 5. The highest BCUT2D eigenvalue weighted by Crippen LogP contribution is 2.35. The van der Waals surface area contributed by atoms with Crippen LogP contribution in [0.15, 0.2) is 41.9 Å². The zero-order valence-corrected chi connectivity index (χ0v) is 17.2. The zero-order valence-electron chi connectivity index (χ0n) is 16.4. The van der Waals surface area contributed by atoms with Crippen LogP contribution in [0.4, 0.5) is 26.3 Å². The van der Waals surface area contributed by atoms with Crippen LogP contribution < -0.4 is 0 Å². The number of aromatic nitrogens is 3. The van der Waals surface area contributed by atoms with E-state index >= 15 is 0 Å². The highest BCUT2D eigenvalue weighted by molar-refractivity contribution is 7.12. The minimum atomic E-state index is -4.89. The molecule has 0 saturated heterocycles. The number of benzene rings is 1. The van der Waals surface area contributed by atoms with Crippen molar-refractivity contribution in [1.29, 1.82) is 0 Å². The lowest BCUT2D eigenvalue weighted by atomic mass is 10.1. The Balaban J connectivity index is 1.81. The van der Waals surface area contributed by atoms with Crippen LogP contribution in [-0.4, -0.2) is 27.3 Å². The van der Waals surface area contributed by atoms with E-state index in [1.54, 1.807) is 6.08 Å². The maximum atomic E-state index is 13.6. The van der Waals surface area contributed by atoms with Gasteiger partial charge in [-0.05, 0) is 31.1 Å². The molecule has 12 heteroatoms. The van der Waals surface area contributed by atoms with Crippen molar-refractivity contribution in [2.45, 2.75) is 25.7 Å². The summed E-state index contributed by atoms with van der Waals surface area (Å²) in [5.41, 5.74) is -2.09. The predicted octanol–water partition coefficient (Wildman–Crippen LogP) is 5.80. The summed E-state index contributed by atoms with van der Waals surface area (Å²) in [7, 11) is 0. The first-order valence-electron chi connectivity index (χ1n) is 9.11. The van der Waals surface area contributed by atoms with Crippen LogP contribution in [0, 0.1) is 0 Å². The van der Waals surface area contributed by atoms with Crippen LogP contribution in [0.3, 0.4) is 0 Å². The molecule has 5 nitrogen and oxygen atoms in total. The Labute approximate surface area is 182 Å². The Hall–Kier alpha value is -3.15. The summed E-state index contributed by atoms with van der Waals surface area (Å²) in [5, 5.41) is 4.97. The summed E-state index contributed by atoms with van der Waals surface area (Å²) in [5.74, 6) is -1.15. The largest absolute Gasteiger partial charge is 0.462 e. The molecule has 3 rings (SSSR count). The first kappa shape index (κ1) is 23.5. The second-order valence-corrected chi connectivity index (χ2v) is 7.23. The first-order valence-corrected chi connectivity index (χ1v) is 9.99. The Kier molecular flexibility index (Phi) is 6.72. The minimum Gasteiger partial charge on any atom is -0.462 e. The average Bonchev–Trinajstić information content (AvgIpc) is 3.34. The highest BCUT2D eigenvalue weighted by atomic mass is 32.1. The smallest absolute Gasteiger partial charge is 0.434 e. The number of ether oxygens (including phenoxy) is 1. The van der Waals surface area contributed by atoms with E-state index < -0.39 is 35.1 Å². The summed E-state index contributed by atoms with van der Waals surface area (Å²) >= 11 is 0.861. The molecule has 0 aliphatic rings. The summed E-state index contributed by atoms with van der Waals surface area (Å²) in [4.78, 5) is 15.9. The number of nitrogens with zero attached hydrogens (tertiary/aromatic N) is 3. The maximum Gasteiger partial charge on any atom is 0.434 e. The van der Waals surface area contributed by atoms with Gasteiger partial charge in [-0.3, -0.25) is 0 Å². The van der Waals surface area contributed by atoms with E-state index in [0.29, 0.717) is 15.9 Å². The maximum absolute atomic E-state index is 13.6. The van der Waals surface area contributed by atoms with E-state index in [2.05, 4.69) is 14.8 Å². The topological polar surface area (TPSA) is 57.0 Å². The van der Waals surface area contributed by atoms with Crippen molar-refractivity contribution in [1.82, 2.24) is 14.8 Å². The number of rotatable bonds is 6. The van der Waals surface area contributed by atoms with Crippen LogP contribution in [0.25, 0.3) is 11.2 Å². The molecule has 32 heavy (non-hydrogen) atoms. The van der Waals surface area contributed by atoms with Gasteiger partial charge >= 0.3 is 18.3 Å². The third kappa shape index (κ3) is 5.36. The molecule has 0 radical (unpaired) electrons. The van der Waals surface area contributed by atoms with Crippen LogP contribution in [0.1, 0.15) is 39.8 Å². The second kappa shape index (κ2) is 9.15. The minimum absolute atomic E-state index is 0.0978. The fourth-order valence-electron chi connectivity index (χ4n) is 2.76. The monoisotopic (exact) mass is 475 g/mol. The normalized spacial score (nSPS) is 12.5. The lowest BCUT2D eigenvalue weighted by Crippen LogP contribution is -2.18. The second-order valence-electron chi connectivity index (χ2n) is 6.40. The number of carbonyl (C=O) groups excluding carboxylic acids is 1. The van der Waals surface area contributed by atoms with Crippen molar-refractivity contribution >= 4 is 23.4 Å². The SMILES string of the molecule is CCOC(=O)c1cnn(-c2nc(C=CCc3cccc(C(F)(F)F)c3)cs2)c1C(F)(F)F. The molecule has 3 aromatic rings. The lowest BCUT2D eigenvalue weighted by molar-refractivity contribution is -0.143. The van der Waals surface area contributed by atoms with Crippen LogP contribution in [-0.2, 0) is 23.5 Å². The third-order valence-corrected chi connectivity index (χ3v) is 4.95. The van der Waals surface area contributed by atoms with E-state index in [1.165, 1.54) is 30.5 Å². The number of alkyl halides is 6.